The summed E-state index contributed by atoms with van der Waals surface area (Å²) in [6, 6.07) is 80.8. The van der Waals surface area contributed by atoms with Crippen LogP contribution in [0.4, 0.5) is 0 Å². The molecule has 0 amide bonds. The first-order valence-corrected chi connectivity index (χ1v) is 25.4. The number of hydrogen-bond donors (Lipinski definition) is 0. The Labute approximate surface area is 431 Å². The zero-order valence-electron chi connectivity index (χ0n) is 40.3. The number of rotatable bonds is 4. The summed E-state index contributed by atoms with van der Waals surface area (Å²) in [6.45, 7) is 0. The van der Waals surface area contributed by atoms with E-state index < -0.39 is 0 Å². The normalized spacial score (nSPS) is 12.2. The van der Waals surface area contributed by atoms with Crippen LogP contribution in [0, 0.1) is 22.7 Å². The second kappa shape index (κ2) is 14.9. The Bertz CT molecular complexity index is 5160. The van der Waals surface area contributed by atoms with Crippen LogP contribution in [0.25, 0.3) is 154 Å². The molecule has 8 heteroatoms. The van der Waals surface area contributed by atoms with E-state index >= 15 is 0 Å². The molecule has 6 aromatic heterocycles. The molecule has 17 aromatic rings. The number of furan rings is 2. The van der Waals surface area contributed by atoms with Gasteiger partial charge in [0.25, 0.3) is 0 Å². The average Bonchev–Trinajstić information content (AvgIpc) is 4.45. The van der Waals surface area contributed by atoms with Gasteiger partial charge in [0, 0.05) is 54.5 Å². The quantitative estimate of drug-likeness (QED) is 0.176. The molecule has 0 spiro atoms. The van der Waals surface area contributed by atoms with Crippen molar-refractivity contribution in [2.24, 2.45) is 0 Å². The molecule has 0 aliphatic heterocycles. The minimum absolute atomic E-state index is 0.377. The Hall–Kier alpha value is -10.8. The molecule has 0 bridgehead atoms. The predicted molar refractivity (Wildman–Crippen MR) is 308 cm³/mol. The van der Waals surface area contributed by atoms with Gasteiger partial charge in [-0.3, -0.25) is 0 Å². The molecule has 76 heavy (non-hydrogen) atoms. The van der Waals surface area contributed by atoms with Crippen molar-refractivity contribution in [3.63, 3.8) is 0 Å². The number of hydrogen-bond acceptors (Lipinski definition) is 4. The predicted octanol–water partition coefficient (Wildman–Crippen LogP) is 17.6. The monoisotopic (exact) mass is 968 g/mol. The van der Waals surface area contributed by atoms with Crippen LogP contribution in [0.15, 0.2) is 227 Å². The maximum absolute atomic E-state index is 11.1. The third-order valence-electron chi connectivity index (χ3n) is 16.0. The van der Waals surface area contributed by atoms with E-state index in [1.165, 1.54) is 0 Å². The first kappa shape index (κ1) is 40.8. The average molecular weight is 969 g/mol. The number of nitriles is 2. The first-order chi connectivity index (χ1) is 37.7. The van der Waals surface area contributed by atoms with Crippen LogP contribution in [-0.4, -0.2) is 18.3 Å². The highest BCUT2D eigenvalue weighted by Crippen LogP contribution is 2.48. The molecule has 0 unspecified atom stereocenters. The Morgan fingerprint density at radius 3 is 0.882 bits per heavy atom. The topological polar surface area (TPSA) is 93.6 Å². The van der Waals surface area contributed by atoms with E-state index in [9.17, 15) is 10.5 Å². The Morgan fingerprint density at radius 2 is 0.553 bits per heavy atom. The molecule has 350 valence electrons. The molecule has 0 N–H and O–H groups in total. The van der Waals surface area contributed by atoms with Gasteiger partial charge >= 0.3 is 0 Å². The van der Waals surface area contributed by atoms with Crippen molar-refractivity contribution in [1.29, 1.82) is 10.5 Å². The maximum atomic E-state index is 11.1. The summed E-state index contributed by atoms with van der Waals surface area (Å²) in [5.41, 5.74) is 15.4. The number of fused-ring (bicyclic) bond motifs is 22. The number of aromatic nitrogens is 4. The molecular weight excluding hydrogens is 933 g/mol. The van der Waals surface area contributed by atoms with Crippen LogP contribution in [-0.2, 0) is 0 Å². The highest BCUT2D eigenvalue weighted by molar-refractivity contribution is 6.31. The van der Waals surface area contributed by atoms with Crippen molar-refractivity contribution in [2.75, 3.05) is 0 Å². The molecule has 8 nitrogen and oxygen atoms in total. The fourth-order valence-corrected chi connectivity index (χ4v) is 12.9. The zero-order chi connectivity index (χ0) is 49.9. The number of para-hydroxylation sites is 6. The van der Waals surface area contributed by atoms with Gasteiger partial charge in [-0.15, -0.1) is 0 Å². The molecule has 6 heterocycles. The van der Waals surface area contributed by atoms with E-state index in [1.54, 1.807) is 6.07 Å². The third-order valence-corrected chi connectivity index (χ3v) is 16.0. The lowest BCUT2D eigenvalue weighted by atomic mass is 10.1. The Balaban J connectivity index is 0.920. The highest BCUT2D eigenvalue weighted by atomic mass is 16.3. The van der Waals surface area contributed by atoms with Crippen molar-refractivity contribution in [3.8, 4) is 34.9 Å². The number of nitrogens with zero attached hydrogens (tertiary/aromatic N) is 6. The summed E-state index contributed by atoms with van der Waals surface area (Å²) >= 11 is 0. The molecule has 0 saturated carbocycles. The molecule has 0 saturated heterocycles. The third kappa shape index (κ3) is 5.18. The van der Waals surface area contributed by atoms with Crippen LogP contribution in [0.2, 0.25) is 0 Å². The van der Waals surface area contributed by atoms with Gasteiger partial charge in [-0.25, -0.2) is 0 Å². The maximum Gasteiger partial charge on any atom is 0.145 e. The summed E-state index contributed by atoms with van der Waals surface area (Å²) in [7, 11) is 0. The summed E-state index contributed by atoms with van der Waals surface area (Å²) in [5, 5.41) is 34.4. The minimum Gasteiger partial charge on any atom is -0.455 e. The Morgan fingerprint density at radius 1 is 0.263 bits per heavy atom. The molecule has 0 aliphatic rings. The minimum atomic E-state index is 0.377. The second-order valence-corrected chi connectivity index (χ2v) is 19.7. The van der Waals surface area contributed by atoms with Crippen molar-refractivity contribution >= 4 is 131 Å². The molecule has 0 aliphatic carbocycles. The van der Waals surface area contributed by atoms with Gasteiger partial charge in [-0.1, -0.05) is 109 Å². The van der Waals surface area contributed by atoms with Crippen LogP contribution in [0.3, 0.4) is 0 Å². The van der Waals surface area contributed by atoms with Gasteiger partial charge < -0.3 is 27.1 Å². The summed E-state index contributed by atoms with van der Waals surface area (Å²) < 4.78 is 23.4. The molecule has 0 atom stereocenters. The van der Waals surface area contributed by atoms with E-state index in [1.807, 2.05) is 30.3 Å². The van der Waals surface area contributed by atoms with Gasteiger partial charge in [0.05, 0.1) is 88.2 Å². The molecular formula is C68H36N6O2. The lowest BCUT2D eigenvalue weighted by molar-refractivity contribution is 0.676. The van der Waals surface area contributed by atoms with Crippen LogP contribution < -0.4 is 0 Å². The van der Waals surface area contributed by atoms with Gasteiger partial charge in [-0.05, 0) is 109 Å². The smallest absolute Gasteiger partial charge is 0.145 e. The molecule has 11 aromatic carbocycles. The SMILES string of the molecule is N#Cc1cc(C#N)c(-n2c3ccccc3c3c4oc5c(ccc6c5c5ccccc5n6-c5ccccc5)c4ccc32)cc1-n1c2ccccc2c2c3oc4c(ccc5c4c4ccccc4n5-c4ccccc4)c3ccc21. The van der Waals surface area contributed by atoms with Crippen molar-refractivity contribution in [3.05, 3.63) is 230 Å². The summed E-state index contributed by atoms with van der Waals surface area (Å²) in [4.78, 5) is 0. The molecule has 0 radical (unpaired) electrons. The van der Waals surface area contributed by atoms with Gasteiger partial charge in [0.15, 0.2) is 0 Å². The zero-order valence-corrected chi connectivity index (χ0v) is 40.3. The van der Waals surface area contributed by atoms with Gasteiger partial charge in [-0.2, -0.15) is 10.5 Å². The van der Waals surface area contributed by atoms with Crippen molar-refractivity contribution in [2.45, 2.75) is 0 Å². The number of benzene rings is 11. The Kier molecular flexibility index (Phi) is 7.99. The first-order valence-electron chi connectivity index (χ1n) is 25.4. The van der Waals surface area contributed by atoms with Crippen LogP contribution in [0.1, 0.15) is 11.1 Å². The van der Waals surface area contributed by atoms with Crippen molar-refractivity contribution < 1.29 is 8.83 Å². The van der Waals surface area contributed by atoms with Crippen molar-refractivity contribution in [1.82, 2.24) is 18.3 Å². The lowest BCUT2D eigenvalue weighted by Gasteiger charge is -2.16. The largest absolute Gasteiger partial charge is 0.455 e. The van der Waals surface area contributed by atoms with Crippen LogP contribution in [0.5, 0.6) is 0 Å². The summed E-state index contributed by atoms with van der Waals surface area (Å²) in [6.07, 6.45) is 0. The molecule has 0 fully saturated rings. The fourth-order valence-electron chi connectivity index (χ4n) is 12.9. The van der Waals surface area contributed by atoms with E-state index in [4.69, 9.17) is 8.83 Å². The van der Waals surface area contributed by atoms with E-state index in [2.05, 4.69) is 212 Å². The van der Waals surface area contributed by atoms with E-state index in [0.717, 1.165) is 142 Å². The standard InChI is InChI=1S/C68H36N6O2/c69-37-39-35-40(38-70)60(74-54-26-14-10-22-50(54)64-58(74)34-30-46-44-28-32-56-62(66(44)76-68(46)64)48-20-8-12-24-52(48)72(56)42-17-5-2-6-18-42)36-59(39)73-53-25-13-9-21-49(53)63-57(73)33-29-45-43-27-31-55-61(65(43)75-67(45)63)47-19-7-11-23-51(47)71(55)41-15-3-1-4-16-41/h1-36H. The summed E-state index contributed by atoms with van der Waals surface area (Å²) in [5.74, 6) is 0. The van der Waals surface area contributed by atoms with Gasteiger partial charge in [0.1, 0.15) is 34.5 Å². The van der Waals surface area contributed by atoms with E-state index in [-0.39, 0.29) is 0 Å². The molecule has 17 rings (SSSR count). The van der Waals surface area contributed by atoms with E-state index in [0.29, 0.717) is 22.5 Å². The second-order valence-electron chi connectivity index (χ2n) is 19.7. The van der Waals surface area contributed by atoms with Crippen LogP contribution >= 0.6 is 0 Å². The van der Waals surface area contributed by atoms with Gasteiger partial charge in [0.2, 0.25) is 0 Å². The lowest BCUT2D eigenvalue weighted by Crippen LogP contribution is -2.04. The fraction of sp³-hybridized carbons (Fsp3) is 0. The highest BCUT2D eigenvalue weighted by Gasteiger charge is 2.27.